The molecule has 0 saturated carbocycles. The first-order valence-electron chi connectivity index (χ1n) is 8.29. The van der Waals surface area contributed by atoms with Crippen LogP contribution >= 0.6 is 11.3 Å². The van der Waals surface area contributed by atoms with Crippen molar-refractivity contribution in [2.75, 3.05) is 6.54 Å². The summed E-state index contributed by atoms with van der Waals surface area (Å²) in [6.07, 6.45) is 7.17. The highest BCUT2D eigenvalue weighted by Gasteiger charge is 2.26. The average molecular weight is 329 g/mol. The molecule has 0 unspecified atom stereocenters. The Morgan fingerprint density at radius 3 is 3.04 bits per heavy atom. The second-order valence-corrected chi connectivity index (χ2v) is 6.97. The van der Waals surface area contributed by atoms with E-state index < -0.39 is 0 Å². The third-order valence-electron chi connectivity index (χ3n) is 4.34. The Hall–Kier alpha value is -1.88. The fourth-order valence-electron chi connectivity index (χ4n) is 3.11. The van der Waals surface area contributed by atoms with Crippen molar-refractivity contribution >= 4 is 17.4 Å². The van der Waals surface area contributed by atoms with E-state index >= 15 is 0 Å². The largest absolute Gasteiger partial charge is 0.333 e. The quantitative estimate of drug-likeness (QED) is 0.906. The summed E-state index contributed by atoms with van der Waals surface area (Å²) in [5.74, 6) is 0. The summed E-state index contributed by atoms with van der Waals surface area (Å²) in [5.41, 5.74) is 1.11. The molecule has 0 spiro atoms. The molecule has 0 aromatic carbocycles. The Morgan fingerprint density at radius 2 is 2.26 bits per heavy atom. The van der Waals surface area contributed by atoms with Gasteiger partial charge >= 0.3 is 6.03 Å². The van der Waals surface area contributed by atoms with E-state index in [1.807, 2.05) is 34.7 Å². The summed E-state index contributed by atoms with van der Waals surface area (Å²) in [7, 11) is 0. The van der Waals surface area contributed by atoms with Crippen LogP contribution in [0, 0.1) is 0 Å². The van der Waals surface area contributed by atoms with E-state index in [1.54, 1.807) is 11.3 Å². The summed E-state index contributed by atoms with van der Waals surface area (Å²) in [6, 6.07) is 10.5. The van der Waals surface area contributed by atoms with E-state index in [2.05, 4.69) is 22.4 Å². The normalized spacial score (nSPS) is 17.9. The third kappa shape index (κ3) is 4.55. The predicted molar refractivity (Wildman–Crippen MR) is 93.5 cm³/mol. The van der Waals surface area contributed by atoms with Crippen molar-refractivity contribution in [2.24, 2.45) is 0 Å². The van der Waals surface area contributed by atoms with Crippen molar-refractivity contribution in [3.05, 3.63) is 52.5 Å². The highest BCUT2D eigenvalue weighted by molar-refractivity contribution is 7.09. The third-order valence-corrected chi connectivity index (χ3v) is 5.22. The van der Waals surface area contributed by atoms with E-state index in [0.29, 0.717) is 12.6 Å². The van der Waals surface area contributed by atoms with Crippen LogP contribution in [0.3, 0.4) is 0 Å². The Labute approximate surface area is 141 Å². The minimum absolute atomic E-state index is 0.0733. The molecule has 1 saturated heterocycles. The number of aromatic nitrogens is 1. The molecule has 122 valence electrons. The molecule has 0 bridgehead atoms. The second-order valence-electron chi connectivity index (χ2n) is 5.94. The lowest BCUT2D eigenvalue weighted by atomic mass is 9.97. The van der Waals surface area contributed by atoms with Gasteiger partial charge in [-0.2, -0.15) is 0 Å². The van der Waals surface area contributed by atoms with E-state index in [4.69, 9.17) is 0 Å². The number of hydrogen-bond acceptors (Lipinski definition) is 3. The zero-order valence-electron chi connectivity index (χ0n) is 13.3. The number of thiophene rings is 1. The number of carbonyl (C=O) groups is 1. The molecule has 2 aromatic heterocycles. The van der Waals surface area contributed by atoms with Crippen LogP contribution in [0.15, 0.2) is 41.9 Å². The topological polar surface area (TPSA) is 45.2 Å². The zero-order chi connectivity index (χ0) is 15.9. The second kappa shape index (κ2) is 8.11. The van der Waals surface area contributed by atoms with Gasteiger partial charge in [-0.1, -0.05) is 12.1 Å². The molecule has 1 aliphatic rings. The number of urea groups is 1. The van der Waals surface area contributed by atoms with Crippen LogP contribution in [0.25, 0.3) is 0 Å². The predicted octanol–water partition coefficient (Wildman–Crippen LogP) is 3.84. The molecule has 5 heteroatoms. The average Bonchev–Trinajstić information content (AvgIpc) is 3.12. The molecule has 1 N–H and O–H groups in total. The molecular formula is C18H23N3OS. The Balaban J connectivity index is 1.53. The van der Waals surface area contributed by atoms with Crippen LogP contribution in [-0.4, -0.2) is 28.5 Å². The van der Waals surface area contributed by atoms with Gasteiger partial charge < -0.3 is 10.2 Å². The monoisotopic (exact) mass is 329 g/mol. The van der Waals surface area contributed by atoms with Crippen LogP contribution in [0.1, 0.15) is 36.3 Å². The number of pyridine rings is 1. The maximum atomic E-state index is 12.5. The van der Waals surface area contributed by atoms with Gasteiger partial charge in [0.1, 0.15) is 0 Å². The summed E-state index contributed by atoms with van der Waals surface area (Å²) in [6.45, 7) is 1.49. The molecule has 0 aliphatic carbocycles. The molecule has 3 rings (SSSR count). The first-order chi connectivity index (χ1) is 11.3. The van der Waals surface area contributed by atoms with Crippen molar-refractivity contribution in [2.45, 2.75) is 44.7 Å². The van der Waals surface area contributed by atoms with Crippen LogP contribution in [0.5, 0.6) is 0 Å². The number of nitrogens with zero attached hydrogens (tertiary/aromatic N) is 2. The minimum Gasteiger partial charge on any atom is -0.333 e. The molecule has 1 atom stereocenters. The fourth-order valence-corrected chi connectivity index (χ4v) is 3.75. The number of aryl methyl sites for hydroxylation is 1. The summed E-state index contributed by atoms with van der Waals surface area (Å²) in [5, 5.41) is 5.10. The molecule has 1 aliphatic heterocycles. The molecule has 4 nitrogen and oxygen atoms in total. The Morgan fingerprint density at radius 1 is 1.30 bits per heavy atom. The number of piperidine rings is 1. The molecule has 0 radical (unpaired) electrons. The van der Waals surface area contributed by atoms with Crippen molar-refractivity contribution < 1.29 is 4.79 Å². The standard InChI is InChI=1S/C18H23N3OS/c22-18(20-14-17-8-5-13-23-17)21-12-4-2-7-16(21)10-9-15-6-1-3-11-19-15/h1,3,5-6,8,11,13,16H,2,4,7,9-10,12,14H2,(H,20,22)/t16-/m0/s1. The van der Waals surface area contributed by atoms with Crippen molar-refractivity contribution in [1.29, 1.82) is 0 Å². The van der Waals surface area contributed by atoms with Crippen LogP contribution in [-0.2, 0) is 13.0 Å². The van der Waals surface area contributed by atoms with Crippen LogP contribution in [0.4, 0.5) is 4.79 Å². The molecule has 2 aromatic rings. The molecule has 1 fully saturated rings. The van der Waals surface area contributed by atoms with Crippen LogP contribution in [0.2, 0.25) is 0 Å². The van der Waals surface area contributed by atoms with E-state index in [0.717, 1.165) is 37.9 Å². The van der Waals surface area contributed by atoms with Gasteiger partial charge in [-0.05, 0) is 55.7 Å². The number of carbonyl (C=O) groups excluding carboxylic acids is 1. The number of nitrogens with one attached hydrogen (secondary N) is 1. The molecule has 23 heavy (non-hydrogen) atoms. The smallest absolute Gasteiger partial charge is 0.317 e. The SMILES string of the molecule is O=C(NCc1cccs1)N1CCCC[C@H]1CCc1ccccn1. The number of likely N-dealkylation sites (tertiary alicyclic amines) is 1. The Kier molecular flexibility index (Phi) is 5.64. The molecule has 3 heterocycles. The van der Waals surface area contributed by atoms with Gasteiger partial charge in [0.15, 0.2) is 0 Å². The van der Waals surface area contributed by atoms with Gasteiger partial charge in [0.2, 0.25) is 0 Å². The van der Waals surface area contributed by atoms with E-state index in [9.17, 15) is 4.79 Å². The maximum absolute atomic E-state index is 12.5. The highest BCUT2D eigenvalue weighted by atomic mass is 32.1. The molecular weight excluding hydrogens is 306 g/mol. The van der Waals surface area contributed by atoms with Gasteiger partial charge in [0.05, 0.1) is 6.54 Å². The van der Waals surface area contributed by atoms with Gasteiger partial charge in [-0.3, -0.25) is 4.98 Å². The summed E-state index contributed by atoms with van der Waals surface area (Å²) < 4.78 is 0. The lowest BCUT2D eigenvalue weighted by Gasteiger charge is -2.35. The minimum atomic E-state index is 0.0733. The lowest BCUT2D eigenvalue weighted by molar-refractivity contribution is 0.146. The number of rotatable bonds is 5. The van der Waals surface area contributed by atoms with E-state index in [1.165, 1.54) is 11.3 Å². The van der Waals surface area contributed by atoms with Gasteiger partial charge in [-0.15, -0.1) is 11.3 Å². The molecule has 2 amide bonds. The van der Waals surface area contributed by atoms with Gasteiger partial charge in [-0.25, -0.2) is 4.79 Å². The summed E-state index contributed by atoms with van der Waals surface area (Å²) in [4.78, 5) is 20.1. The van der Waals surface area contributed by atoms with Crippen molar-refractivity contribution in [3.63, 3.8) is 0 Å². The van der Waals surface area contributed by atoms with Crippen molar-refractivity contribution in [3.8, 4) is 0 Å². The first kappa shape index (κ1) is 16.0. The van der Waals surface area contributed by atoms with Gasteiger partial charge in [0, 0.05) is 29.4 Å². The van der Waals surface area contributed by atoms with Gasteiger partial charge in [0.25, 0.3) is 0 Å². The Bertz CT molecular complexity index is 600. The van der Waals surface area contributed by atoms with E-state index in [-0.39, 0.29) is 6.03 Å². The van der Waals surface area contributed by atoms with Crippen molar-refractivity contribution in [1.82, 2.24) is 15.2 Å². The highest BCUT2D eigenvalue weighted by Crippen LogP contribution is 2.21. The fraction of sp³-hybridized carbons (Fsp3) is 0.444. The zero-order valence-corrected chi connectivity index (χ0v) is 14.1. The first-order valence-corrected chi connectivity index (χ1v) is 9.17. The number of hydrogen-bond donors (Lipinski definition) is 1. The lowest BCUT2D eigenvalue weighted by Crippen LogP contribution is -2.48. The number of amides is 2. The summed E-state index contributed by atoms with van der Waals surface area (Å²) >= 11 is 1.68. The maximum Gasteiger partial charge on any atom is 0.317 e. The van der Waals surface area contributed by atoms with Crippen LogP contribution < -0.4 is 5.32 Å².